The molecule has 19 heavy (non-hydrogen) atoms. The van der Waals surface area contributed by atoms with Crippen LogP contribution in [0.4, 0.5) is 0 Å². The first-order valence-corrected chi connectivity index (χ1v) is 7.62. The SMILES string of the molecule is O=C(O)Cc1ccc(CNCC2(O)CCCCC2)s1. The van der Waals surface area contributed by atoms with Crippen molar-refractivity contribution in [2.45, 2.75) is 50.7 Å². The largest absolute Gasteiger partial charge is 0.481 e. The summed E-state index contributed by atoms with van der Waals surface area (Å²) < 4.78 is 0. The van der Waals surface area contributed by atoms with Crippen molar-refractivity contribution in [3.05, 3.63) is 21.9 Å². The molecule has 0 radical (unpaired) electrons. The van der Waals surface area contributed by atoms with Gasteiger partial charge in [0.25, 0.3) is 0 Å². The number of nitrogens with one attached hydrogen (secondary N) is 1. The van der Waals surface area contributed by atoms with Crippen LogP contribution in [0.1, 0.15) is 41.9 Å². The third kappa shape index (κ3) is 4.60. The highest BCUT2D eigenvalue weighted by Gasteiger charge is 2.28. The van der Waals surface area contributed by atoms with Gasteiger partial charge in [0.2, 0.25) is 0 Å². The van der Waals surface area contributed by atoms with Crippen molar-refractivity contribution in [1.82, 2.24) is 5.32 Å². The van der Waals surface area contributed by atoms with E-state index in [1.807, 2.05) is 12.1 Å². The minimum Gasteiger partial charge on any atom is -0.481 e. The zero-order valence-corrected chi connectivity index (χ0v) is 11.8. The van der Waals surface area contributed by atoms with Crippen LogP contribution in [-0.2, 0) is 17.8 Å². The Balaban J connectivity index is 1.76. The second-order valence-electron chi connectivity index (χ2n) is 5.33. The molecule has 2 rings (SSSR count). The fourth-order valence-corrected chi connectivity index (χ4v) is 3.55. The van der Waals surface area contributed by atoms with Crippen molar-refractivity contribution in [2.24, 2.45) is 0 Å². The van der Waals surface area contributed by atoms with Crippen LogP contribution in [0.15, 0.2) is 12.1 Å². The van der Waals surface area contributed by atoms with Crippen molar-refractivity contribution in [3.8, 4) is 0 Å². The lowest BCUT2D eigenvalue weighted by Gasteiger charge is -2.32. The highest BCUT2D eigenvalue weighted by molar-refractivity contribution is 7.12. The Morgan fingerprint density at radius 2 is 1.95 bits per heavy atom. The maximum atomic E-state index is 10.6. The number of aliphatic hydroxyl groups is 1. The number of carboxylic acids is 1. The van der Waals surface area contributed by atoms with Crippen LogP contribution in [0.5, 0.6) is 0 Å². The first-order valence-electron chi connectivity index (χ1n) is 6.80. The highest BCUT2D eigenvalue weighted by Crippen LogP contribution is 2.27. The fraction of sp³-hybridized carbons (Fsp3) is 0.643. The van der Waals surface area contributed by atoms with E-state index in [1.54, 1.807) is 0 Å². The van der Waals surface area contributed by atoms with Crippen LogP contribution >= 0.6 is 11.3 Å². The molecule has 0 saturated heterocycles. The van der Waals surface area contributed by atoms with E-state index in [9.17, 15) is 9.90 Å². The van der Waals surface area contributed by atoms with E-state index in [1.165, 1.54) is 17.8 Å². The molecule has 5 heteroatoms. The maximum Gasteiger partial charge on any atom is 0.308 e. The lowest BCUT2D eigenvalue weighted by Crippen LogP contribution is -2.41. The molecule has 1 heterocycles. The van der Waals surface area contributed by atoms with E-state index in [2.05, 4.69) is 5.32 Å². The Morgan fingerprint density at radius 3 is 2.63 bits per heavy atom. The summed E-state index contributed by atoms with van der Waals surface area (Å²) in [6.07, 6.45) is 5.31. The summed E-state index contributed by atoms with van der Waals surface area (Å²) in [4.78, 5) is 12.6. The maximum absolute atomic E-state index is 10.6. The Bertz CT molecular complexity index is 424. The van der Waals surface area contributed by atoms with Gasteiger partial charge in [-0.15, -0.1) is 11.3 Å². The summed E-state index contributed by atoms with van der Waals surface area (Å²) in [5, 5.41) is 22.3. The quantitative estimate of drug-likeness (QED) is 0.748. The molecule has 0 amide bonds. The van der Waals surface area contributed by atoms with E-state index >= 15 is 0 Å². The summed E-state index contributed by atoms with van der Waals surface area (Å²) >= 11 is 1.52. The van der Waals surface area contributed by atoms with Gasteiger partial charge < -0.3 is 15.5 Å². The minimum atomic E-state index is -0.794. The van der Waals surface area contributed by atoms with E-state index in [0.717, 1.165) is 35.4 Å². The molecule has 1 fully saturated rings. The van der Waals surface area contributed by atoms with Gasteiger partial charge >= 0.3 is 5.97 Å². The third-order valence-corrected chi connectivity index (χ3v) is 4.67. The molecule has 0 aromatic carbocycles. The van der Waals surface area contributed by atoms with Crippen molar-refractivity contribution in [2.75, 3.05) is 6.54 Å². The topological polar surface area (TPSA) is 69.6 Å². The number of thiophene rings is 1. The van der Waals surface area contributed by atoms with Gasteiger partial charge in [-0.25, -0.2) is 0 Å². The van der Waals surface area contributed by atoms with Gasteiger partial charge in [-0.1, -0.05) is 19.3 Å². The van der Waals surface area contributed by atoms with Crippen LogP contribution in [0.25, 0.3) is 0 Å². The van der Waals surface area contributed by atoms with E-state index in [4.69, 9.17) is 5.11 Å². The van der Waals surface area contributed by atoms with E-state index < -0.39 is 11.6 Å². The van der Waals surface area contributed by atoms with Crippen LogP contribution < -0.4 is 5.32 Å². The lowest BCUT2D eigenvalue weighted by atomic mass is 9.85. The lowest BCUT2D eigenvalue weighted by molar-refractivity contribution is -0.136. The van der Waals surface area contributed by atoms with Crippen molar-refractivity contribution >= 4 is 17.3 Å². The molecule has 1 aliphatic rings. The van der Waals surface area contributed by atoms with Gasteiger partial charge in [-0.3, -0.25) is 4.79 Å². The molecule has 1 saturated carbocycles. The number of carboxylic acid groups (broad SMARTS) is 1. The average Bonchev–Trinajstić information content (AvgIpc) is 2.76. The highest BCUT2D eigenvalue weighted by atomic mass is 32.1. The van der Waals surface area contributed by atoms with Gasteiger partial charge in [0.05, 0.1) is 12.0 Å². The van der Waals surface area contributed by atoms with E-state index in [-0.39, 0.29) is 6.42 Å². The van der Waals surface area contributed by atoms with E-state index in [0.29, 0.717) is 13.1 Å². The average molecular weight is 283 g/mol. The zero-order valence-electron chi connectivity index (χ0n) is 11.0. The molecular formula is C14H21NO3S. The van der Waals surface area contributed by atoms with Crippen molar-refractivity contribution in [1.29, 1.82) is 0 Å². The minimum absolute atomic E-state index is 0.0919. The van der Waals surface area contributed by atoms with Gasteiger partial charge in [0, 0.05) is 22.8 Å². The second-order valence-corrected chi connectivity index (χ2v) is 6.58. The third-order valence-electron chi connectivity index (χ3n) is 3.58. The molecule has 0 aliphatic heterocycles. The smallest absolute Gasteiger partial charge is 0.308 e. The summed E-state index contributed by atoms with van der Waals surface area (Å²) in [6, 6.07) is 3.83. The fourth-order valence-electron chi connectivity index (χ4n) is 2.57. The first kappa shape index (κ1) is 14.5. The predicted molar refractivity (Wildman–Crippen MR) is 75.4 cm³/mol. The van der Waals surface area contributed by atoms with Gasteiger partial charge in [-0.05, 0) is 25.0 Å². The number of aliphatic carboxylic acids is 1. The Morgan fingerprint density at radius 1 is 1.26 bits per heavy atom. The Hall–Kier alpha value is -0.910. The molecule has 1 aromatic rings. The zero-order chi connectivity index (χ0) is 13.7. The number of carbonyl (C=O) groups is 1. The first-order chi connectivity index (χ1) is 9.07. The molecular weight excluding hydrogens is 262 g/mol. The summed E-state index contributed by atoms with van der Waals surface area (Å²) in [5.41, 5.74) is -0.542. The van der Waals surface area contributed by atoms with Gasteiger partial charge in [0.15, 0.2) is 0 Å². The second kappa shape index (κ2) is 6.50. The van der Waals surface area contributed by atoms with Crippen LogP contribution in [0.3, 0.4) is 0 Å². The van der Waals surface area contributed by atoms with Crippen molar-refractivity contribution in [3.63, 3.8) is 0 Å². The Labute approximate surface area is 117 Å². The predicted octanol–water partition coefficient (Wildman–Crippen LogP) is 2.16. The number of hydrogen-bond donors (Lipinski definition) is 3. The molecule has 0 atom stereocenters. The Kier molecular flexibility index (Phi) is 4.96. The molecule has 106 valence electrons. The number of hydrogen-bond acceptors (Lipinski definition) is 4. The summed E-state index contributed by atoms with van der Waals surface area (Å²) in [6.45, 7) is 1.33. The molecule has 1 aromatic heterocycles. The van der Waals surface area contributed by atoms with Gasteiger partial charge in [0.1, 0.15) is 0 Å². The standard InChI is InChI=1S/C14H21NO3S/c16-13(17)8-11-4-5-12(19-11)9-15-10-14(18)6-2-1-3-7-14/h4-5,15,18H,1-3,6-10H2,(H,16,17). The van der Waals surface area contributed by atoms with Crippen LogP contribution in [0.2, 0.25) is 0 Å². The monoisotopic (exact) mass is 283 g/mol. The molecule has 0 spiro atoms. The molecule has 3 N–H and O–H groups in total. The molecule has 1 aliphatic carbocycles. The number of rotatable bonds is 6. The molecule has 0 unspecified atom stereocenters. The summed E-state index contributed by atoms with van der Waals surface area (Å²) in [7, 11) is 0. The summed E-state index contributed by atoms with van der Waals surface area (Å²) in [5.74, 6) is -0.794. The molecule has 4 nitrogen and oxygen atoms in total. The normalized spacial score (nSPS) is 18.4. The van der Waals surface area contributed by atoms with Crippen molar-refractivity contribution < 1.29 is 15.0 Å². The molecule has 0 bridgehead atoms. The van der Waals surface area contributed by atoms with Gasteiger partial charge in [-0.2, -0.15) is 0 Å². The van der Waals surface area contributed by atoms with Crippen LogP contribution in [0, 0.1) is 0 Å². The van der Waals surface area contributed by atoms with Crippen LogP contribution in [-0.4, -0.2) is 28.3 Å².